The van der Waals surface area contributed by atoms with Crippen LogP contribution in [-0.4, -0.2) is 17.4 Å². The molecule has 0 aromatic carbocycles. The fourth-order valence-electron chi connectivity index (χ4n) is 1.06. The van der Waals surface area contributed by atoms with Gasteiger partial charge in [-0.15, -0.1) is 0 Å². The van der Waals surface area contributed by atoms with Crippen LogP contribution in [0.4, 0.5) is 0 Å². The van der Waals surface area contributed by atoms with Gasteiger partial charge in [-0.1, -0.05) is 6.92 Å². The molecule has 0 saturated carbocycles. The number of aromatic nitrogens is 1. The maximum absolute atomic E-state index is 11.4. The van der Waals surface area contributed by atoms with E-state index in [0.29, 0.717) is 19.0 Å². The van der Waals surface area contributed by atoms with Crippen molar-refractivity contribution in [3.63, 3.8) is 0 Å². The summed E-state index contributed by atoms with van der Waals surface area (Å²) in [5, 5.41) is 2.72. The lowest BCUT2D eigenvalue weighted by Gasteiger charge is -2.07. The van der Waals surface area contributed by atoms with Gasteiger partial charge in [-0.25, -0.2) is 4.98 Å². The van der Waals surface area contributed by atoms with Crippen molar-refractivity contribution in [1.29, 1.82) is 0 Å². The standard InChI is InChI=1S/C10H17N3O2/c1-6(4-11)10(14)12-5-9-13-7(2)8(3)15-9/h6H,4-5,11H2,1-3H3,(H,12,14). The van der Waals surface area contributed by atoms with E-state index in [2.05, 4.69) is 10.3 Å². The Hall–Kier alpha value is -1.36. The highest BCUT2D eigenvalue weighted by Gasteiger charge is 2.12. The summed E-state index contributed by atoms with van der Waals surface area (Å²) in [4.78, 5) is 15.5. The van der Waals surface area contributed by atoms with E-state index >= 15 is 0 Å². The van der Waals surface area contributed by atoms with Crippen LogP contribution in [0.25, 0.3) is 0 Å². The van der Waals surface area contributed by atoms with Crippen LogP contribution in [0, 0.1) is 19.8 Å². The van der Waals surface area contributed by atoms with Gasteiger partial charge in [0.05, 0.1) is 12.2 Å². The number of hydrogen-bond acceptors (Lipinski definition) is 4. The molecular weight excluding hydrogens is 194 g/mol. The lowest BCUT2D eigenvalue weighted by atomic mass is 10.2. The van der Waals surface area contributed by atoms with Crippen molar-refractivity contribution in [2.24, 2.45) is 11.7 Å². The van der Waals surface area contributed by atoms with Crippen molar-refractivity contribution in [3.8, 4) is 0 Å². The normalized spacial score (nSPS) is 12.5. The monoisotopic (exact) mass is 211 g/mol. The molecule has 1 heterocycles. The number of carbonyl (C=O) groups excluding carboxylic acids is 1. The summed E-state index contributed by atoms with van der Waals surface area (Å²) in [6.07, 6.45) is 0. The average Bonchev–Trinajstić information content (AvgIpc) is 2.54. The van der Waals surface area contributed by atoms with E-state index in [1.54, 1.807) is 6.92 Å². The fourth-order valence-corrected chi connectivity index (χ4v) is 1.06. The van der Waals surface area contributed by atoms with E-state index in [9.17, 15) is 4.79 Å². The molecule has 15 heavy (non-hydrogen) atoms. The van der Waals surface area contributed by atoms with E-state index in [-0.39, 0.29) is 11.8 Å². The van der Waals surface area contributed by atoms with Crippen LogP contribution >= 0.6 is 0 Å². The Morgan fingerprint density at radius 1 is 1.60 bits per heavy atom. The van der Waals surface area contributed by atoms with Crippen molar-refractivity contribution in [2.45, 2.75) is 27.3 Å². The molecule has 3 N–H and O–H groups in total. The van der Waals surface area contributed by atoms with Gasteiger partial charge in [-0.3, -0.25) is 4.79 Å². The summed E-state index contributed by atoms with van der Waals surface area (Å²) in [6, 6.07) is 0. The molecule has 5 nitrogen and oxygen atoms in total. The van der Waals surface area contributed by atoms with Crippen LogP contribution in [-0.2, 0) is 11.3 Å². The average molecular weight is 211 g/mol. The van der Waals surface area contributed by atoms with Gasteiger partial charge in [0.15, 0.2) is 0 Å². The highest BCUT2D eigenvalue weighted by atomic mass is 16.4. The second kappa shape index (κ2) is 4.93. The van der Waals surface area contributed by atoms with Crippen molar-refractivity contribution < 1.29 is 9.21 Å². The highest BCUT2D eigenvalue weighted by molar-refractivity contribution is 5.78. The first-order chi connectivity index (χ1) is 7.04. The van der Waals surface area contributed by atoms with Crippen molar-refractivity contribution in [2.75, 3.05) is 6.54 Å². The Balaban J connectivity index is 2.47. The van der Waals surface area contributed by atoms with Crippen molar-refractivity contribution >= 4 is 5.91 Å². The Bertz CT molecular complexity index is 327. The number of amides is 1. The van der Waals surface area contributed by atoms with Crippen LogP contribution in [0.15, 0.2) is 4.42 Å². The van der Waals surface area contributed by atoms with Gasteiger partial charge < -0.3 is 15.5 Å². The van der Waals surface area contributed by atoms with Gasteiger partial charge in [0.2, 0.25) is 11.8 Å². The molecule has 1 aromatic heterocycles. The number of nitrogens with one attached hydrogen (secondary N) is 1. The molecule has 0 aliphatic carbocycles. The molecule has 1 amide bonds. The van der Waals surface area contributed by atoms with Gasteiger partial charge in [-0.05, 0) is 13.8 Å². The van der Waals surface area contributed by atoms with E-state index in [0.717, 1.165) is 11.5 Å². The minimum atomic E-state index is -0.179. The predicted octanol–water partition coefficient (Wildman–Crippen LogP) is 0.502. The third-order valence-corrected chi connectivity index (χ3v) is 2.29. The molecule has 0 radical (unpaired) electrons. The molecule has 0 spiro atoms. The highest BCUT2D eigenvalue weighted by Crippen LogP contribution is 2.07. The van der Waals surface area contributed by atoms with Crippen LogP contribution in [0.2, 0.25) is 0 Å². The fraction of sp³-hybridized carbons (Fsp3) is 0.600. The molecule has 0 bridgehead atoms. The summed E-state index contributed by atoms with van der Waals surface area (Å²) in [7, 11) is 0. The smallest absolute Gasteiger partial charge is 0.224 e. The van der Waals surface area contributed by atoms with Crippen molar-refractivity contribution in [3.05, 3.63) is 17.3 Å². The van der Waals surface area contributed by atoms with Gasteiger partial charge in [-0.2, -0.15) is 0 Å². The van der Waals surface area contributed by atoms with Gasteiger partial charge >= 0.3 is 0 Å². The van der Waals surface area contributed by atoms with Crippen molar-refractivity contribution in [1.82, 2.24) is 10.3 Å². The lowest BCUT2D eigenvalue weighted by molar-refractivity contribution is -0.124. The van der Waals surface area contributed by atoms with Crippen LogP contribution in [0.5, 0.6) is 0 Å². The van der Waals surface area contributed by atoms with Crippen LogP contribution in [0.3, 0.4) is 0 Å². The Kier molecular flexibility index (Phi) is 3.85. The molecule has 0 aliphatic heterocycles. The predicted molar refractivity (Wildman–Crippen MR) is 56.0 cm³/mol. The zero-order valence-corrected chi connectivity index (χ0v) is 9.33. The second-order valence-corrected chi connectivity index (χ2v) is 3.60. The largest absolute Gasteiger partial charge is 0.444 e. The molecule has 1 rings (SSSR count). The molecule has 5 heteroatoms. The minimum absolute atomic E-state index is 0.0778. The van der Waals surface area contributed by atoms with E-state index in [4.69, 9.17) is 10.2 Å². The third kappa shape index (κ3) is 3.06. The first-order valence-electron chi connectivity index (χ1n) is 4.95. The van der Waals surface area contributed by atoms with Gasteiger partial charge in [0.25, 0.3) is 0 Å². The van der Waals surface area contributed by atoms with Crippen LogP contribution in [0.1, 0.15) is 24.3 Å². The first kappa shape index (κ1) is 11.7. The number of nitrogens with two attached hydrogens (primary N) is 1. The maximum atomic E-state index is 11.4. The third-order valence-electron chi connectivity index (χ3n) is 2.29. The summed E-state index contributed by atoms with van der Waals surface area (Å²) in [5.41, 5.74) is 6.22. The molecule has 1 atom stereocenters. The molecule has 0 aliphatic rings. The number of oxazole rings is 1. The summed E-state index contributed by atoms with van der Waals surface area (Å²) >= 11 is 0. The van der Waals surface area contributed by atoms with Crippen LogP contribution < -0.4 is 11.1 Å². The number of nitrogens with zero attached hydrogens (tertiary/aromatic N) is 1. The van der Waals surface area contributed by atoms with E-state index in [1.165, 1.54) is 0 Å². The molecule has 84 valence electrons. The minimum Gasteiger partial charge on any atom is -0.444 e. The van der Waals surface area contributed by atoms with E-state index < -0.39 is 0 Å². The summed E-state index contributed by atoms with van der Waals surface area (Å²) in [5.74, 6) is 1.06. The summed E-state index contributed by atoms with van der Waals surface area (Å²) in [6.45, 7) is 6.15. The zero-order valence-electron chi connectivity index (χ0n) is 9.33. The quantitative estimate of drug-likeness (QED) is 0.760. The molecule has 1 aromatic rings. The topological polar surface area (TPSA) is 81.2 Å². The molecule has 0 fully saturated rings. The first-order valence-corrected chi connectivity index (χ1v) is 4.95. The number of hydrogen-bond donors (Lipinski definition) is 2. The van der Waals surface area contributed by atoms with E-state index in [1.807, 2.05) is 13.8 Å². The van der Waals surface area contributed by atoms with Gasteiger partial charge in [0, 0.05) is 12.5 Å². The number of aryl methyl sites for hydroxylation is 2. The molecule has 0 saturated heterocycles. The maximum Gasteiger partial charge on any atom is 0.224 e. The summed E-state index contributed by atoms with van der Waals surface area (Å²) < 4.78 is 5.32. The van der Waals surface area contributed by atoms with Gasteiger partial charge in [0.1, 0.15) is 5.76 Å². The Morgan fingerprint density at radius 3 is 2.73 bits per heavy atom. The Morgan fingerprint density at radius 2 is 2.27 bits per heavy atom. The number of carbonyl (C=O) groups is 1. The second-order valence-electron chi connectivity index (χ2n) is 3.60. The molecule has 1 unspecified atom stereocenters. The Labute approximate surface area is 89.1 Å². The molecular formula is C10H17N3O2. The lowest BCUT2D eigenvalue weighted by Crippen LogP contribution is -2.32. The SMILES string of the molecule is Cc1nc(CNC(=O)C(C)CN)oc1C. The zero-order chi connectivity index (χ0) is 11.4. The number of rotatable bonds is 4.